The summed E-state index contributed by atoms with van der Waals surface area (Å²) >= 11 is 0. The predicted molar refractivity (Wildman–Crippen MR) is 72.2 cm³/mol. The Kier molecular flexibility index (Phi) is 3.86. The smallest absolute Gasteiger partial charge is 0.387 e. The van der Waals surface area contributed by atoms with Crippen LogP contribution in [0, 0.1) is 17.0 Å². The van der Waals surface area contributed by atoms with Crippen molar-refractivity contribution in [3.8, 4) is 5.75 Å². The van der Waals surface area contributed by atoms with E-state index >= 15 is 0 Å². The van der Waals surface area contributed by atoms with Gasteiger partial charge in [-0.05, 0) is 37.8 Å². The standard InChI is InChI=1S/C16H14F8O2/c1-12-4-6-13(7-5-12,16(23,24)15(12,21)22)26-14(19,20)8-2-3-9(25)11(18)10(8)17/h2-3,25H,4-7H2,1H3. The van der Waals surface area contributed by atoms with Crippen LogP contribution in [0.4, 0.5) is 35.1 Å². The third-order valence-corrected chi connectivity index (χ3v) is 5.58. The minimum absolute atomic E-state index is 0.246. The summed E-state index contributed by atoms with van der Waals surface area (Å²) in [5, 5.41) is 8.98. The van der Waals surface area contributed by atoms with E-state index in [0.29, 0.717) is 6.07 Å². The second-order valence-corrected chi connectivity index (χ2v) is 7.08. The zero-order chi connectivity index (χ0) is 19.8. The fourth-order valence-electron chi connectivity index (χ4n) is 3.73. The maximum atomic E-state index is 14.5. The van der Waals surface area contributed by atoms with Crippen molar-refractivity contribution in [2.45, 2.75) is 56.2 Å². The first-order chi connectivity index (χ1) is 11.7. The van der Waals surface area contributed by atoms with E-state index < -0.39 is 77.6 Å². The molecule has 0 aromatic heterocycles. The normalized spacial score (nSPS) is 32.7. The molecule has 1 aromatic rings. The summed E-state index contributed by atoms with van der Waals surface area (Å²) in [6.45, 7) is 0.956. The van der Waals surface area contributed by atoms with Gasteiger partial charge in [0.2, 0.25) is 5.82 Å². The number of aromatic hydroxyl groups is 1. The van der Waals surface area contributed by atoms with Crippen LogP contribution in [0.1, 0.15) is 38.2 Å². The molecule has 0 spiro atoms. The molecule has 3 saturated carbocycles. The minimum atomic E-state index is -4.93. The quantitative estimate of drug-likeness (QED) is 0.706. The molecule has 1 aromatic carbocycles. The van der Waals surface area contributed by atoms with Crippen molar-refractivity contribution in [2.24, 2.45) is 5.41 Å². The van der Waals surface area contributed by atoms with E-state index in [0.717, 1.165) is 6.92 Å². The van der Waals surface area contributed by atoms with Gasteiger partial charge in [0.1, 0.15) is 5.60 Å². The lowest BCUT2D eigenvalue weighted by atomic mass is 9.55. The summed E-state index contributed by atoms with van der Waals surface area (Å²) in [5.41, 5.74) is -7.05. The summed E-state index contributed by atoms with van der Waals surface area (Å²) in [4.78, 5) is 0. The van der Waals surface area contributed by atoms with Gasteiger partial charge in [-0.25, -0.2) is 4.39 Å². The Labute approximate surface area is 142 Å². The van der Waals surface area contributed by atoms with Gasteiger partial charge in [-0.15, -0.1) is 0 Å². The maximum absolute atomic E-state index is 14.5. The third kappa shape index (κ3) is 2.20. The second-order valence-electron chi connectivity index (χ2n) is 7.08. The Hall–Kier alpha value is -1.58. The van der Waals surface area contributed by atoms with Gasteiger partial charge in [0.25, 0.3) is 0 Å². The highest BCUT2D eigenvalue weighted by Crippen LogP contribution is 2.68. The fourth-order valence-corrected chi connectivity index (χ4v) is 3.73. The van der Waals surface area contributed by atoms with E-state index in [1.807, 2.05) is 0 Å². The number of hydrogen-bond donors (Lipinski definition) is 1. The highest BCUT2D eigenvalue weighted by Gasteiger charge is 2.82. The zero-order valence-electron chi connectivity index (χ0n) is 13.4. The molecule has 0 amide bonds. The average Bonchev–Trinajstić information content (AvgIpc) is 2.53. The lowest BCUT2D eigenvalue weighted by Crippen LogP contribution is -2.73. The van der Waals surface area contributed by atoms with Crippen LogP contribution < -0.4 is 0 Å². The molecule has 0 aliphatic heterocycles. The van der Waals surface area contributed by atoms with Crippen LogP contribution in [0.3, 0.4) is 0 Å². The molecule has 0 heterocycles. The Morgan fingerprint density at radius 2 is 1.46 bits per heavy atom. The van der Waals surface area contributed by atoms with E-state index in [2.05, 4.69) is 4.74 Å². The molecule has 26 heavy (non-hydrogen) atoms. The van der Waals surface area contributed by atoms with Gasteiger partial charge < -0.3 is 9.84 Å². The van der Waals surface area contributed by atoms with Crippen molar-refractivity contribution in [2.75, 3.05) is 0 Å². The third-order valence-electron chi connectivity index (χ3n) is 5.58. The summed E-state index contributed by atoms with van der Waals surface area (Å²) in [6, 6.07) is 0.630. The molecule has 3 aliphatic carbocycles. The van der Waals surface area contributed by atoms with E-state index in [-0.39, 0.29) is 6.07 Å². The summed E-state index contributed by atoms with van der Waals surface area (Å²) in [5.74, 6) is -15.0. The average molecular weight is 390 g/mol. The number of phenols is 1. The van der Waals surface area contributed by atoms with Crippen molar-refractivity contribution >= 4 is 0 Å². The van der Waals surface area contributed by atoms with Gasteiger partial charge in [0.05, 0.1) is 5.56 Å². The first kappa shape index (κ1) is 19.2. The van der Waals surface area contributed by atoms with Gasteiger partial charge in [-0.3, -0.25) is 0 Å². The Morgan fingerprint density at radius 1 is 0.923 bits per heavy atom. The molecule has 0 saturated heterocycles. The summed E-state index contributed by atoms with van der Waals surface area (Å²) in [7, 11) is 0. The Morgan fingerprint density at radius 3 is 2.00 bits per heavy atom. The molecule has 10 heteroatoms. The topological polar surface area (TPSA) is 29.5 Å². The summed E-state index contributed by atoms with van der Waals surface area (Å²) in [6.07, 6.45) is -7.37. The molecule has 0 unspecified atom stereocenters. The molecule has 3 fully saturated rings. The van der Waals surface area contributed by atoms with Crippen LogP contribution >= 0.6 is 0 Å². The molecule has 4 rings (SSSR count). The molecule has 2 nitrogen and oxygen atoms in total. The van der Waals surface area contributed by atoms with Crippen molar-refractivity contribution in [3.63, 3.8) is 0 Å². The second kappa shape index (κ2) is 5.24. The number of rotatable bonds is 3. The van der Waals surface area contributed by atoms with Crippen molar-refractivity contribution in [1.82, 2.24) is 0 Å². The Balaban J connectivity index is 2.03. The molecule has 1 N–H and O–H groups in total. The summed E-state index contributed by atoms with van der Waals surface area (Å²) < 4.78 is 117. The van der Waals surface area contributed by atoms with Gasteiger partial charge in [-0.2, -0.15) is 30.7 Å². The zero-order valence-corrected chi connectivity index (χ0v) is 13.4. The van der Waals surface area contributed by atoms with Crippen molar-refractivity contribution < 1.29 is 45.0 Å². The van der Waals surface area contributed by atoms with Crippen LogP contribution in [0.25, 0.3) is 0 Å². The van der Waals surface area contributed by atoms with Crippen LogP contribution in [0.15, 0.2) is 12.1 Å². The van der Waals surface area contributed by atoms with Crippen LogP contribution in [-0.4, -0.2) is 22.6 Å². The van der Waals surface area contributed by atoms with E-state index in [1.165, 1.54) is 0 Å². The number of benzene rings is 1. The van der Waals surface area contributed by atoms with Crippen LogP contribution in [0.2, 0.25) is 0 Å². The number of alkyl halides is 6. The van der Waals surface area contributed by atoms with E-state index in [4.69, 9.17) is 5.11 Å². The van der Waals surface area contributed by atoms with Gasteiger partial charge in [0.15, 0.2) is 11.6 Å². The van der Waals surface area contributed by atoms with E-state index in [9.17, 15) is 35.1 Å². The highest BCUT2D eigenvalue weighted by molar-refractivity contribution is 5.32. The fraction of sp³-hybridized carbons (Fsp3) is 0.625. The lowest BCUT2D eigenvalue weighted by molar-refractivity contribution is -0.434. The van der Waals surface area contributed by atoms with Gasteiger partial charge in [0, 0.05) is 5.41 Å². The molecule has 0 atom stereocenters. The lowest BCUT2D eigenvalue weighted by Gasteiger charge is -2.59. The maximum Gasteiger partial charge on any atom is 0.387 e. The highest BCUT2D eigenvalue weighted by atomic mass is 19.3. The molecule has 2 bridgehead atoms. The van der Waals surface area contributed by atoms with Gasteiger partial charge in [-0.1, -0.05) is 6.92 Å². The number of ether oxygens (including phenoxy) is 1. The number of halogens is 8. The number of hydrogen-bond acceptors (Lipinski definition) is 2. The predicted octanol–water partition coefficient (Wildman–Crippen LogP) is 5.34. The molecular formula is C16H14F8O2. The molecule has 0 radical (unpaired) electrons. The largest absolute Gasteiger partial charge is 0.505 e. The first-order valence-corrected chi connectivity index (χ1v) is 7.72. The molecule has 3 aliphatic rings. The van der Waals surface area contributed by atoms with Gasteiger partial charge >= 0.3 is 18.0 Å². The van der Waals surface area contributed by atoms with Crippen molar-refractivity contribution in [1.29, 1.82) is 0 Å². The van der Waals surface area contributed by atoms with Crippen LogP contribution in [0.5, 0.6) is 5.75 Å². The first-order valence-electron chi connectivity index (χ1n) is 7.72. The number of fused-ring (bicyclic) bond motifs is 3. The molecular weight excluding hydrogens is 376 g/mol. The van der Waals surface area contributed by atoms with E-state index in [1.54, 1.807) is 0 Å². The monoisotopic (exact) mass is 390 g/mol. The molecule has 146 valence electrons. The Bertz CT molecular complexity index is 738. The van der Waals surface area contributed by atoms with Crippen molar-refractivity contribution in [3.05, 3.63) is 29.3 Å². The van der Waals surface area contributed by atoms with Crippen LogP contribution in [-0.2, 0) is 10.8 Å². The number of phenolic OH excluding ortho intramolecular Hbond substituents is 1. The SMILES string of the molecule is CC12CCC(OC(F)(F)c3ccc(O)c(F)c3F)(CC1)C(F)(F)C2(F)F. The minimum Gasteiger partial charge on any atom is -0.505 e.